The van der Waals surface area contributed by atoms with Gasteiger partial charge in [-0.05, 0) is 39.8 Å². The van der Waals surface area contributed by atoms with E-state index in [9.17, 15) is 9.59 Å². The van der Waals surface area contributed by atoms with Gasteiger partial charge in [-0.1, -0.05) is 11.6 Å². The summed E-state index contributed by atoms with van der Waals surface area (Å²) in [6.07, 6.45) is 1.44. The highest BCUT2D eigenvalue weighted by molar-refractivity contribution is 6.04. The van der Waals surface area contributed by atoms with Crippen LogP contribution in [0.25, 0.3) is 21.9 Å². The van der Waals surface area contributed by atoms with E-state index < -0.39 is 0 Å². The molecular formula is C21H24N6O2. The van der Waals surface area contributed by atoms with Crippen LogP contribution in [-0.2, 0) is 24.4 Å². The van der Waals surface area contributed by atoms with Gasteiger partial charge in [-0.15, -0.1) is 0 Å². The molecule has 3 aromatic heterocycles. The molecule has 150 valence electrons. The van der Waals surface area contributed by atoms with Crippen molar-refractivity contribution >= 4 is 27.8 Å². The van der Waals surface area contributed by atoms with Gasteiger partial charge in [0.2, 0.25) is 5.91 Å². The molecule has 0 saturated heterocycles. The fourth-order valence-electron chi connectivity index (χ4n) is 3.71. The minimum atomic E-state index is -0.259. The van der Waals surface area contributed by atoms with Crippen molar-refractivity contribution in [1.82, 2.24) is 29.6 Å². The van der Waals surface area contributed by atoms with E-state index in [-0.39, 0.29) is 18.0 Å². The molecular weight excluding hydrogens is 368 g/mol. The number of aromatic nitrogens is 5. The van der Waals surface area contributed by atoms with Crippen molar-refractivity contribution < 1.29 is 4.79 Å². The molecule has 4 rings (SSSR count). The number of fused-ring (bicyclic) bond motifs is 3. The van der Waals surface area contributed by atoms with Gasteiger partial charge in [-0.2, -0.15) is 5.10 Å². The number of benzene rings is 1. The Balaban J connectivity index is 1.55. The van der Waals surface area contributed by atoms with Gasteiger partial charge in [0.05, 0.1) is 12.0 Å². The van der Waals surface area contributed by atoms with E-state index in [1.165, 1.54) is 10.9 Å². The van der Waals surface area contributed by atoms with Gasteiger partial charge in [0.25, 0.3) is 5.56 Å². The first kappa shape index (κ1) is 18.9. The maximum absolute atomic E-state index is 12.8. The van der Waals surface area contributed by atoms with Gasteiger partial charge < -0.3 is 10.3 Å². The molecule has 8 heteroatoms. The zero-order valence-corrected chi connectivity index (χ0v) is 17.0. The Kier molecular flexibility index (Phi) is 4.70. The third-order valence-corrected chi connectivity index (χ3v) is 5.33. The number of carbonyl (C=O) groups excluding carboxylic acids is 1. The first-order valence-corrected chi connectivity index (χ1v) is 9.66. The Morgan fingerprint density at radius 3 is 2.76 bits per heavy atom. The van der Waals surface area contributed by atoms with E-state index in [0.29, 0.717) is 17.6 Å². The van der Waals surface area contributed by atoms with Crippen molar-refractivity contribution in [2.24, 2.45) is 0 Å². The van der Waals surface area contributed by atoms with Crippen molar-refractivity contribution in [1.29, 1.82) is 0 Å². The van der Waals surface area contributed by atoms with Crippen molar-refractivity contribution in [3.05, 3.63) is 57.4 Å². The second kappa shape index (κ2) is 7.20. The van der Waals surface area contributed by atoms with Crippen LogP contribution in [0, 0.1) is 20.8 Å². The predicted molar refractivity (Wildman–Crippen MR) is 112 cm³/mol. The SMILES string of the molecule is CCn1nc(C)c(CNC(=O)Cn2cnc3c([nH]c4ccc(C)cc43)c2=O)c1C. The van der Waals surface area contributed by atoms with Gasteiger partial charge >= 0.3 is 0 Å². The number of hydrogen-bond donors (Lipinski definition) is 2. The van der Waals surface area contributed by atoms with E-state index in [0.717, 1.165) is 40.0 Å². The number of amides is 1. The minimum absolute atomic E-state index is 0.0871. The zero-order valence-electron chi connectivity index (χ0n) is 17.0. The average molecular weight is 392 g/mol. The smallest absolute Gasteiger partial charge is 0.278 e. The van der Waals surface area contributed by atoms with E-state index in [2.05, 4.69) is 20.4 Å². The molecule has 4 aromatic rings. The first-order valence-electron chi connectivity index (χ1n) is 9.66. The maximum atomic E-state index is 12.8. The molecule has 0 radical (unpaired) electrons. The van der Waals surface area contributed by atoms with Crippen LogP contribution in [0.4, 0.5) is 0 Å². The number of aryl methyl sites for hydroxylation is 3. The maximum Gasteiger partial charge on any atom is 0.278 e. The molecule has 1 amide bonds. The van der Waals surface area contributed by atoms with Gasteiger partial charge in [0.15, 0.2) is 0 Å². The van der Waals surface area contributed by atoms with Crippen molar-refractivity contribution in [2.75, 3.05) is 0 Å². The van der Waals surface area contributed by atoms with Crippen LogP contribution < -0.4 is 10.9 Å². The van der Waals surface area contributed by atoms with Gasteiger partial charge in [0.1, 0.15) is 17.6 Å². The Hall–Kier alpha value is -3.42. The molecule has 0 bridgehead atoms. The van der Waals surface area contributed by atoms with Gasteiger partial charge in [-0.3, -0.25) is 18.8 Å². The summed E-state index contributed by atoms with van der Waals surface area (Å²) >= 11 is 0. The molecule has 0 aliphatic carbocycles. The third-order valence-electron chi connectivity index (χ3n) is 5.33. The number of nitrogens with zero attached hydrogens (tertiary/aromatic N) is 4. The zero-order chi connectivity index (χ0) is 20.7. The molecule has 0 spiro atoms. The lowest BCUT2D eigenvalue weighted by molar-refractivity contribution is -0.121. The second-order valence-electron chi connectivity index (χ2n) is 7.32. The molecule has 0 aliphatic heterocycles. The van der Waals surface area contributed by atoms with Crippen LogP contribution in [-0.4, -0.2) is 30.2 Å². The van der Waals surface area contributed by atoms with Crippen LogP contribution >= 0.6 is 0 Å². The van der Waals surface area contributed by atoms with Crippen LogP contribution in [0.15, 0.2) is 29.3 Å². The summed E-state index contributed by atoms with van der Waals surface area (Å²) in [6, 6.07) is 5.91. The number of nitrogens with one attached hydrogen (secondary N) is 2. The van der Waals surface area contributed by atoms with Crippen LogP contribution in [0.2, 0.25) is 0 Å². The topological polar surface area (TPSA) is 97.6 Å². The molecule has 1 aromatic carbocycles. The molecule has 2 N–H and O–H groups in total. The van der Waals surface area contributed by atoms with E-state index in [1.807, 2.05) is 50.6 Å². The molecule has 0 saturated carbocycles. The fourth-order valence-corrected chi connectivity index (χ4v) is 3.71. The number of H-pyrrole nitrogens is 1. The van der Waals surface area contributed by atoms with Gasteiger partial charge in [-0.25, -0.2) is 4.98 Å². The molecule has 8 nitrogen and oxygen atoms in total. The lowest BCUT2D eigenvalue weighted by Crippen LogP contribution is -2.32. The quantitative estimate of drug-likeness (QED) is 0.545. The predicted octanol–water partition coefficient (Wildman–Crippen LogP) is 2.34. The van der Waals surface area contributed by atoms with Crippen molar-refractivity contribution in [3.8, 4) is 0 Å². The highest BCUT2D eigenvalue weighted by Gasteiger charge is 2.14. The monoisotopic (exact) mass is 392 g/mol. The molecule has 0 atom stereocenters. The number of hydrogen-bond acceptors (Lipinski definition) is 4. The summed E-state index contributed by atoms with van der Waals surface area (Å²) in [6.45, 7) is 9.03. The molecule has 0 unspecified atom stereocenters. The first-order chi connectivity index (χ1) is 13.9. The summed E-state index contributed by atoms with van der Waals surface area (Å²) in [4.78, 5) is 32.8. The highest BCUT2D eigenvalue weighted by atomic mass is 16.2. The van der Waals surface area contributed by atoms with E-state index in [1.54, 1.807) is 0 Å². The standard InChI is InChI=1S/C21H24N6O2/c1-5-27-14(4)16(13(3)25-27)9-22-18(28)10-26-11-23-19-15-8-12(2)6-7-17(15)24-20(19)21(26)29/h6-8,11,24H,5,9-10H2,1-4H3,(H,22,28). The Morgan fingerprint density at radius 1 is 1.24 bits per heavy atom. The van der Waals surface area contributed by atoms with E-state index >= 15 is 0 Å². The molecule has 3 heterocycles. The lowest BCUT2D eigenvalue weighted by atomic mass is 10.2. The molecule has 29 heavy (non-hydrogen) atoms. The summed E-state index contributed by atoms with van der Waals surface area (Å²) in [5.41, 5.74) is 5.69. The number of aromatic amines is 1. The van der Waals surface area contributed by atoms with Gasteiger partial charge in [0, 0.05) is 35.2 Å². The summed E-state index contributed by atoms with van der Waals surface area (Å²) in [5.74, 6) is -0.247. The van der Waals surface area contributed by atoms with Crippen LogP contribution in [0.5, 0.6) is 0 Å². The summed E-state index contributed by atoms with van der Waals surface area (Å²) in [7, 11) is 0. The Labute approximate surface area is 167 Å². The number of rotatable bonds is 5. The van der Waals surface area contributed by atoms with Crippen LogP contribution in [0.3, 0.4) is 0 Å². The Morgan fingerprint density at radius 2 is 2.03 bits per heavy atom. The average Bonchev–Trinajstić information content (AvgIpc) is 3.19. The third kappa shape index (κ3) is 3.30. The highest BCUT2D eigenvalue weighted by Crippen LogP contribution is 2.22. The van der Waals surface area contributed by atoms with Crippen LogP contribution in [0.1, 0.15) is 29.4 Å². The summed E-state index contributed by atoms with van der Waals surface area (Å²) in [5, 5.41) is 8.26. The second-order valence-corrected chi connectivity index (χ2v) is 7.32. The normalized spacial score (nSPS) is 11.4. The molecule has 0 aliphatic rings. The number of carbonyl (C=O) groups is 1. The lowest BCUT2D eigenvalue weighted by Gasteiger charge is -2.08. The fraction of sp³-hybridized carbons (Fsp3) is 0.333. The molecule has 0 fully saturated rings. The minimum Gasteiger partial charge on any atom is -0.350 e. The summed E-state index contributed by atoms with van der Waals surface area (Å²) < 4.78 is 3.24. The van der Waals surface area contributed by atoms with Crippen molar-refractivity contribution in [2.45, 2.75) is 47.3 Å². The largest absolute Gasteiger partial charge is 0.350 e. The Bertz CT molecular complexity index is 1290. The van der Waals surface area contributed by atoms with E-state index in [4.69, 9.17) is 0 Å². The van der Waals surface area contributed by atoms with Crippen molar-refractivity contribution in [3.63, 3.8) is 0 Å².